The van der Waals surface area contributed by atoms with Crippen LogP contribution in [0.1, 0.15) is 36.9 Å². The maximum absolute atomic E-state index is 12.6. The van der Waals surface area contributed by atoms with Crippen LogP contribution in [0.3, 0.4) is 0 Å². The van der Waals surface area contributed by atoms with Gasteiger partial charge in [-0.25, -0.2) is 4.98 Å². The highest BCUT2D eigenvalue weighted by Gasteiger charge is 2.39. The predicted molar refractivity (Wildman–Crippen MR) is 92.9 cm³/mol. The van der Waals surface area contributed by atoms with E-state index in [-0.39, 0.29) is 0 Å². The van der Waals surface area contributed by atoms with Crippen molar-refractivity contribution in [3.05, 3.63) is 16.1 Å². The summed E-state index contributed by atoms with van der Waals surface area (Å²) < 4.78 is 37.7. The second-order valence-electron chi connectivity index (χ2n) is 6.73. The number of thiazole rings is 1. The molecule has 0 bridgehead atoms. The lowest BCUT2D eigenvalue weighted by Crippen LogP contribution is -2.45. The Bertz CT molecular complexity index is 611. The van der Waals surface area contributed by atoms with E-state index in [0.717, 1.165) is 35.7 Å². The first-order valence-electron chi connectivity index (χ1n) is 8.61. The number of likely N-dealkylation sites (tertiary alicyclic amines) is 1. The van der Waals surface area contributed by atoms with Crippen LogP contribution in [0, 0.1) is 0 Å². The van der Waals surface area contributed by atoms with E-state index < -0.39 is 11.9 Å². The third-order valence-corrected chi connectivity index (χ3v) is 5.59. The molecule has 1 aromatic rings. The van der Waals surface area contributed by atoms with Crippen LogP contribution in [0.2, 0.25) is 0 Å². The number of nitrogens with zero attached hydrogens (tertiary/aromatic N) is 3. The van der Waals surface area contributed by atoms with Crippen molar-refractivity contribution >= 4 is 17.3 Å². The van der Waals surface area contributed by atoms with E-state index in [1.807, 2.05) is 0 Å². The summed E-state index contributed by atoms with van der Waals surface area (Å²) in [7, 11) is 1.71. The summed E-state index contributed by atoms with van der Waals surface area (Å²) in [5.74, 6) is 0.697. The molecule has 0 spiro atoms. The monoisotopic (exact) mass is 375 g/mol. The first kappa shape index (κ1) is 18.4. The molecule has 2 unspecified atom stereocenters. The fraction of sp³-hybridized carbons (Fsp3) is 0.750. The Kier molecular flexibility index (Phi) is 5.52. The largest absolute Gasteiger partial charge is 0.434 e. The van der Waals surface area contributed by atoms with Crippen molar-refractivity contribution in [3.8, 4) is 0 Å². The molecule has 1 saturated carbocycles. The maximum Gasteiger partial charge on any atom is 0.434 e. The Balaban J connectivity index is 1.43. The molecule has 1 aliphatic carbocycles. The number of hydrogen-bond acceptors (Lipinski definition) is 4. The van der Waals surface area contributed by atoms with Crippen molar-refractivity contribution in [2.45, 2.75) is 56.9 Å². The summed E-state index contributed by atoms with van der Waals surface area (Å²) >= 11 is 1.04. The van der Waals surface area contributed by atoms with Crippen LogP contribution >= 0.6 is 11.3 Å². The molecule has 2 atom stereocenters. The van der Waals surface area contributed by atoms with Crippen molar-refractivity contribution in [1.29, 1.82) is 0 Å². The molecule has 2 heterocycles. The number of nitrogens with one attached hydrogen (secondary N) is 2. The molecule has 2 aliphatic rings. The molecule has 9 heteroatoms. The molecule has 1 aliphatic heterocycles. The summed E-state index contributed by atoms with van der Waals surface area (Å²) in [5, 5.41) is 8.14. The first-order chi connectivity index (χ1) is 11.9. The highest BCUT2D eigenvalue weighted by molar-refractivity contribution is 7.09. The maximum atomic E-state index is 12.6. The minimum atomic E-state index is -4.37. The van der Waals surface area contributed by atoms with E-state index in [4.69, 9.17) is 0 Å². The van der Waals surface area contributed by atoms with Crippen molar-refractivity contribution < 1.29 is 13.2 Å². The van der Waals surface area contributed by atoms with Crippen molar-refractivity contribution in [2.75, 3.05) is 20.1 Å². The third-order valence-electron chi connectivity index (χ3n) is 4.68. The molecule has 2 fully saturated rings. The quantitative estimate of drug-likeness (QED) is 0.613. The lowest BCUT2D eigenvalue weighted by molar-refractivity contribution is -0.140. The summed E-state index contributed by atoms with van der Waals surface area (Å²) in [6, 6.07) is 1.70. The molecular weight excluding hydrogens is 351 g/mol. The van der Waals surface area contributed by atoms with Gasteiger partial charge in [0.25, 0.3) is 0 Å². The van der Waals surface area contributed by atoms with Crippen molar-refractivity contribution in [2.24, 2.45) is 4.99 Å². The van der Waals surface area contributed by atoms with Gasteiger partial charge in [0.15, 0.2) is 11.7 Å². The fourth-order valence-electron chi connectivity index (χ4n) is 3.31. The summed E-state index contributed by atoms with van der Waals surface area (Å²) in [5.41, 5.74) is -0.810. The van der Waals surface area contributed by atoms with Gasteiger partial charge in [-0.05, 0) is 26.2 Å². The Morgan fingerprint density at radius 1 is 1.44 bits per heavy atom. The van der Waals surface area contributed by atoms with Crippen LogP contribution < -0.4 is 10.6 Å². The Morgan fingerprint density at radius 2 is 2.20 bits per heavy atom. The molecule has 1 aromatic heterocycles. The number of alkyl halides is 3. The molecule has 0 radical (unpaired) electrons. The normalized spacial score (nSPS) is 25.4. The van der Waals surface area contributed by atoms with E-state index in [2.05, 4.69) is 32.4 Å². The molecule has 3 rings (SSSR count). The van der Waals surface area contributed by atoms with Crippen LogP contribution in [-0.2, 0) is 12.6 Å². The molecule has 25 heavy (non-hydrogen) atoms. The van der Waals surface area contributed by atoms with E-state index in [9.17, 15) is 13.2 Å². The van der Waals surface area contributed by atoms with Gasteiger partial charge in [-0.1, -0.05) is 0 Å². The standard InChI is InChI=1S/C16H24F3N5S/c1-10-7-11(8-24(10)12-3-4-12)22-15(20-2)21-6-5-14-23-13(9-25-14)16(17,18)19/h9-12H,3-8H2,1-2H3,(H2,20,21,22). The van der Waals surface area contributed by atoms with Gasteiger partial charge >= 0.3 is 6.18 Å². The Hall–Kier alpha value is -1.35. The van der Waals surface area contributed by atoms with Gasteiger partial charge in [0.2, 0.25) is 0 Å². The highest BCUT2D eigenvalue weighted by Crippen LogP contribution is 2.33. The smallest absolute Gasteiger partial charge is 0.356 e. The lowest BCUT2D eigenvalue weighted by atomic mass is 10.2. The van der Waals surface area contributed by atoms with Crippen molar-refractivity contribution in [1.82, 2.24) is 20.5 Å². The number of guanidine groups is 1. The summed E-state index contributed by atoms with van der Waals surface area (Å²) in [4.78, 5) is 10.4. The van der Waals surface area contributed by atoms with Crippen LogP contribution in [0.4, 0.5) is 13.2 Å². The van der Waals surface area contributed by atoms with E-state index in [1.165, 1.54) is 12.8 Å². The zero-order valence-corrected chi connectivity index (χ0v) is 15.3. The van der Waals surface area contributed by atoms with Crippen LogP contribution in [0.5, 0.6) is 0 Å². The fourth-order valence-corrected chi connectivity index (χ4v) is 4.11. The Labute approximate surface area is 149 Å². The molecule has 140 valence electrons. The van der Waals surface area contributed by atoms with Gasteiger partial charge in [0, 0.05) is 50.1 Å². The highest BCUT2D eigenvalue weighted by atomic mass is 32.1. The predicted octanol–water partition coefficient (Wildman–Crippen LogP) is 2.49. The minimum Gasteiger partial charge on any atom is -0.356 e. The van der Waals surface area contributed by atoms with Gasteiger partial charge in [-0.15, -0.1) is 11.3 Å². The molecule has 1 saturated heterocycles. The average molecular weight is 375 g/mol. The number of aromatic nitrogens is 1. The van der Waals surface area contributed by atoms with Gasteiger partial charge in [-0.3, -0.25) is 9.89 Å². The minimum absolute atomic E-state index is 0.360. The molecule has 5 nitrogen and oxygen atoms in total. The second kappa shape index (κ2) is 7.49. The van der Waals surface area contributed by atoms with Crippen LogP contribution in [-0.4, -0.2) is 54.1 Å². The molecule has 0 aromatic carbocycles. The average Bonchev–Trinajstić information content (AvgIpc) is 3.15. The van der Waals surface area contributed by atoms with E-state index >= 15 is 0 Å². The molecule has 2 N–H and O–H groups in total. The zero-order valence-electron chi connectivity index (χ0n) is 14.4. The number of rotatable bonds is 5. The Morgan fingerprint density at radius 3 is 2.80 bits per heavy atom. The molecule has 0 amide bonds. The summed E-state index contributed by atoms with van der Waals surface area (Å²) in [6.45, 7) is 3.78. The van der Waals surface area contributed by atoms with E-state index in [0.29, 0.717) is 36.0 Å². The van der Waals surface area contributed by atoms with Gasteiger partial charge in [-0.2, -0.15) is 13.2 Å². The second-order valence-corrected chi connectivity index (χ2v) is 7.67. The number of halogens is 3. The van der Waals surface area contributed by atoms with Crippen molar-refractivity contribution in [3.63, 3.8) is 0 Å². The van der Waals surface area contributed by atoms with Crippen LogP contribution in [0.15, 0.2) is 10.4 Å². The SMILES string of the molecule is CN=C(NCCc1nc(C(F)(F)F)cs1)NC1CC(C)N(C2CC2)C1. The lowest BCUT2D eigenvalue weighted by Gasteiger charge is -2.20. The van der Waals surface area contributed by atoms with Gasteiger partial charge in [0.1, 0.15) is 0 Å². The topological polar surface area (TPSA) is 52.6 Å². The number of hydrogen-bond donors (Lipinski definition) is 2. The van der Waals surface area contributed by atoms with Gasteiger partial charge < -0.3 is 10.6 Å². The van der Waals surface area contributed by atoms with Gasteiger partial charge in [0.05, 0.1) is 5.01 Å². The number of aliphatic imine (C=N–C) groups is 1. The van der Waals surface area contributed by atoms with Crippen LogP contribution in [0.25, 0.3) is 0 Å². The summed E-state index contributed by atoms with van der Waals surface area (Å²) in [6.07, 6.45) is -0.239. The first-order valence-corrected chi connectivity index (χ1v) is 9.49. The van der Waals surface area contributed by atoms with E-state index in [1.54, 1.807) is 7.05 Å². The zero-order chi connectivity index (χ0) is 18.0. The molecular formula is C16H24F3N5S. The third kappa shape index (κ3) is 4.84.